The minimum atomic E-state index is -1.01. The van der Waals surface area contributed by atoms with Crippen molar-refractivity contribution in [3.8, 4) is 0 Å². The zero-order valence-corrected chi connectivity index (χ0v) is 85.3. The summed E-state index contributed by atoms with van der Waals surface area (Å²) >= 11 is 17.6. The van der Waals surface area contributed by atoms with Crippen molar-refractivity contribution in [2.45, 2.75) is 94.8 Å². The molecule has 6 amide bonds. The van der Waals surface area contributed by atoms with Crippen LogP contribution in [0.4, 0.5) is 44.6 Å². The van der Waals surface area contributed by atoms with E-state index in [0.29, 0.717) is 196 Å². The first-order valence-corrected chi connectivity index (χ1v) is 50.9. The average Bonchev–Trinajstić information content (AvgIpc) is 1.38. The number of allylic oxidation sites excluding steroid dienone is 1. The number of nitrogens with one attached hydrogen (secondary N) is 3. The van der Waals surface area contributed by atoms with Crippen molar-refractivity contribution in [3.05, 3.63) is 282 Å². The number of hydrogen-bond acceptors (Lipinski definition) is 30. The second-order valence-corrected chi connectivity index (χ2v) is 39.4. The lowest BCUT2D eigenvalue weighted by atomic mass is 9.94. The normalized spacial score (nSPS) is 20.8. The molecule has 144 heavy (non-hydrogen) atoms. The number of benzene rings is 6. The average molecular weight is 2180 g/mol. The molecule has 0 radical (unpaired) electrons. The number of aliphatic hydroxyl groups excluding tert-OH is 1. The molecule has 12 heterocycles. The Morgan fingerprint density at radius 2 is 0.931 bits per heavy atom. The minimum absolute atomic E-state index is 0.0364. The van der Waals surface area contributed by atoms with Crippen LogP contribution >= 0.6 is 77.5 Å². The number of amidine groups is 3. The first-order valence-electron chi connectivity index (χ1n) is 46.3. The predicted molar refractivity (Wildman–Crippen MR) is 542 cm³/mol. The number of fused-ring (bicyclic) bond motifs is 3. The van der Waals surface area contributed by atoms with Crippen LogP contribution in [-0.4, -0.2) is 294 Å². The molecule has 3 aromatic heterocycles. The van der Waals surface area contributed by atoms with Crippen LogP contribution in [0.2, 0.25) is 5.02 Å². The summed E-state index contributed by atoms with van der Waals surface area (Å²) in [4.78, 5) is 160. The van der Waals surface area contributed by atoms with Crippen LogP contribution in [0.5, 0.6) is 0 Å². The van der Waals surface area contributed by atoms with E-state index < -0.39 is 71.5 Å². The largest absolute Gasteiger partial charge is 0.481 e. The highest BCUT2D eigenvalue weighted by Gasteiger charge is 2.51. The van der Waals surface area contributed by atoms with E-state index in [1.54, 1.807) is 83.6 Å². The summed E-state index contributed by atoms with van der Waals surface area (Å²) in [6.45, 7) is 11.1. The quantitative estimate of drug-likeness (QED) is 0.0133. The van der Waals surface area contributed by atoms with Gasteiger partial charge in [0.1, 0.15) is 35.6 Å². The summed E-state index contributed by atoms with van der Waals surface area (Å²) in [5, 5.41) is 46.3. The number of aliphatic carboxylic acids is 2. The van der Waals surface area contributed by atoms with Crippen molar-refractivity contribution in [3.63, 3.8) is 0 Å². The van der Waals surface area contributed by atoms with Crippen LogP contribution in [0.1, 0.15) is 100 Å². The van der Waals surface area contributed by atoms with Gasteiger partial charge in [0, 0.05) is 200 Å². The number of nitrogens with zero attached hydrogens (tertiary/aromatic N) is 15. The number of carboxylic acids is 2. The van der Waals surface area contributed by atoms with Gasteiger partial charge in [-0.3, -0.25) is 54.0 Å². The molecule has 35 nitrogen and oxygen atoms in total. The number of aliphatic hydroxyl groups is 1. The van der Waals surface area contributed by atoms with Gasteiger partial charge in [0.25, 0.3) is 0 Å². The van der Waals surface area contributed by atoms with Crippen molar-refractivity contribution in [2.75, 3.05) is 148 Å². The zero-order chi connectivity index (χ0) is 102. The Hall–Kier alpha value is -13.0. The molecule has 18 rings (SSSR count). The number of carbonyl (C=O) groups excluding carboxylic acids is 7. The van der Waals surface area contributed by atoms with Crippen molar-refractivity contribution < 1.29 is 95.3 Å². The Labute approximate surface area is 860 Å². The summed E-state index contributed by atoms with van der Waals surface area (Å²) in [5.41, 5.74) is 9.54. The molecule has 9 aromatic rings. The maximum atomic E-state index is 14.2. The summed E-state index contributed by atoms with van der Waals surface area (Å²) in [5.74, 6) is -3.82. The number of methoxy groups -OCH3 is 3. The van der Waals surface area contributed by atoms with Gasteiger partial charge >= 0.3 is 53.9 Å². The van der Waals surface area contributed by atoms with E-state index in [1.165, 1.54) is 90.7 Å². The number of rotatable bonds is 31. The number of anilines is 3. The van der Waals surface area contributed by atoms with E-state index in [2.05, 4.69) is 72.6 Å². The SMILES string of the molecule is CCOC(=O)C1=C(CN2CCN3C(=O)N(c4ccc(/C(C)=C/C(=O)O)cc4)C[C@@H]3C2)NC(c2nccs2)=N[C@H]1c1ccc(F)cc1Br.CCOC(=O)C1=C(CN2CCN3C(=O)N(c4ccc(CCC(=O)O)cc4)C[C@@H]3[C@H]2COC)NC(c2nccs2)=N[C@H]1c1ccc(F)cc1Br.COC(=O)CCc1ccc(N2C[C@H]3[C@H](CO)N(CC4=C(C(=O)OC)[C@H](c5ccc(F)cc5Cl)N=C(c5nccs5)N4)CCN3C2=O)cc1. The number of aliphatic imine (C=N–C) groups is 3. The first-order chi connectivity index (χ1) is 69.5. The maximum absolute atomic E-state index is 14.2. The third-order valence-corrected chi connectivity index (χ3v) is 30.1. The third-order valence-electron chi connectivity index (χ3n) is 26.0. The molecule has 0 bridgehead atoms. The fraction of sp³-hybridized carbons (Fsp3) is 0.350. The lowest BCUT2D eigenvalue weighted by molar-refractivity contribution is -0.141. The number of ether oxygens (including phenoxy) is 5. The number of amides is 6. The van der Waals surface area contributed by atoms with Crippen LogP contribution in [0.15, 0.2) is 226 Å². The summed E-state index contributed by atoms with van der Waals surface area (Å²) in [6.07, 6.45) is 7.39. The molecule has 0 aliphatic carbocycles. The fourth-order valence-electron chi connectivity index (χ4n) is 19.1. The molecule has 9 aliphatic rings. The number of esters is 4. The number of hydrogen-bond donors (Lipinski definition) is 6. The van der Waals surface area contributed by atoms with Crippen LogP contribution in [-0.2, 0) is 65.3 Å². The standard InChI is InChI=1S/C34H36BrFN6O6S.C33H32BrFN6O5S.C33H34ClFN6O6S/c1-3-48-33(45)29-25(38-31(32-37-12-15-49-32)39-30(29)23-10-7-21(36)16-24(23)35)17-40-13-14-41-26(27(40)19-47-2)18-42(34(41)46)22-8-4-20(5-9-22)6-11-28(43)44;1-3-46-32(44)28-26(37-30(31-36-10-13-47-31)38-29(28)24-9-6-21(35)15-25(24)34)18-39-11-12-40-23(16-39)17-41(33(40)45)22-7-4-20(5-8-22)19(2)14-27(42)43;1-46-27(43)10-5-19-3-7-21(8-4-19)41-17-25-26(18-42)39(12-13-40(25)33(41)45)16-24-28(32(44)47-2)29(22-9-6-20(35)15-23(22)34)38-30(37-24)31-36-11-14-48-31/h4-5,7-10,12,15-16,26-27,30H,3,6,11,13-14,17-19H2,1-2H3,(H,38,39)(H,43,44);4-10,13-15,23,29H,3,11-12,16-18H2,1-2H3,(H,37,38)(H,42,43);3-4,6-9,11,14-15,25-26,29,42H,5,10,12-13,16-18H2,1-2H3,(H,37,38)/b;19-14+;/t26-,27-,30+;23-,29-;25-,26-,29-/m100/s1. The number of urea groups is 3. The van der Waals surface area contributed by atoms with Crippen LogP contribution in [0.25, 0.3) is 5.57 Å². The number of aryl methyl sites for hydroxylation is 2. The molecule has 6 aromatic carbocycles. The van der Waals surface area contributed by atoms with Gasteiger partial charge in [-0.25, -0.2) is 61.7 Å². The minimum Gasteiger partial charge on any atom is -0.481 e. The van der Waals surface area contributed by atoms with Crippen LogP contribution in [0, 0.1) is 17.5 Å². The summed E-state index contributed by atoms with van der Waals surface area (Å²) < 4.78 is 70.0. The highest BCUT2D eigenvalue weighted by molar-refractivity contribution is 9.10. The van der Waals surface area contributed by atoms with Gasteiger partial charge in [0.15, 0.2) is 32.5 Å². The summed E-state index contributed by atoms with van der Waals surface area (Å²) in [6, 6.07) is 30.6. The monoisotopic (exact) mass is 2170 g/mol. The van der Waals surface area contributed by atoms with E-state index in [-0.39, 0.29) is 98.0 Å². The van der Waals surface area contributed by atoms with E-state index in [1.807, 2.05) is 98.3 Å². The molecule has 9 aliphatic heterocycles. The number of thiazole rings is 3. The highest BCUT2D eigenvalue weighted by atomic mass is 79.9. The lowest BCUT2D eigenvalue weighted by Crippen LogP contribution is -2.61. The van der Waals surface area contributed by atoms with Crippen LogP contribution in [0.3, 0.4) is 0 Å². The van der Waals surface area contributed by atoms with Crippen molar-refractivity contribution in [1.29, 1.82) is 0 Å². The molecular weight excluding hydrogens is 2070 g/mol. The number of piperazine rings is 3. The first kappa shape index (κ1) is 104. The molecule has 6 N–H and O–H groups in total. The zero-order valence-electron chi connectivity index (χ0n) is 78.9. The number of carbonyl (C=O) groups is 9. The predicted octanol–water partition coefficient (Wildman–Crippen LogP) is 13.2. The number of aromatic nitrogens is 3. The number of carboxylic acid groups (broad SMARTS) is 2. The maximum Gasteiger partial charge on any atom is 0.338 e. The van der Waals surface area contributed by atoms with Gasteiger partial charge in [-0.15, -0.1) is 34.0 Å². The van der Waals surface area contributed by atoms with Crippen molar-refractivity contribution in [2.24, 2.45) is 15.0 Å². The Kier molecular flexibility index (Phi) is 33.8. The van der Waals surface area contributed by atoms with Gasteiger partial charge in [-0.2, -0.15) is 0 Å². The fourth-order valence-corrected chi connectivity index (χ4v) is 22.2. The topological polar surface area (TPSA) is 401 Å². The Balaban J connectivity index is 0.000000155. The van der Waals surface area contributed by atoms with Crippen LogP contribution < -0.4 is 30.7 Å². The highest BCUT2D eigenvalue weighted by Crippen LogP contribution is 2.44. The van der Waals surface area contributed by atoms with Crippen molar-refractivity contribution >= 4 is 172 Å². The molecule has 0 spiro atoms. The van der Waals surface area contributed by atoms with E-state index in [4.69, 9.17) is 60.5 Å². The molecular formula is C100H102Br2ClF3N18O17S3. The van der Waals surface area contributed by atoms with Gasteiger partial charge in [0.05, 0.1) is 87.6 Å². The molecule has 0 saturated carbocycles. The molecule has 754 valence electrons. The van der Waals surface area contributed by atoms with E-state index >= 15 is 0 Å². The number of halogens is 6. The van der Waals surface area contributed by atoms with Gasteiger partial charge in [0.2, 0.25) is 0 Å². The summed E-state index contributed by atoms with van der Waals surface area (Å²) in [7, 11) is 4.25. The van der Waals surface area contributed by atoms with Gasteiger partial charge in [-0.05, 0) is 140 Å². The molecule has 8 atom stereocenters. The Bertz CT molecular complexity index is 6550. The lowest BCUT2D eigenvalue weighted by Gasteiger charge is -2.44. The van der Waals surface area contributed by atoms with Gasteiger partial charge < -0.3 is 69.7 Å². The smallest absolute Gasteiger partial charge is 0.338 e. The molecule has 44 heteroatoms. The Morgan fingerprint density at radius 1 is 0.507 bits per heavy atom. The second-order valence-electron chi connectivity index (χ2n) is 34.6. The third kappa shape index (κ3) is 23.3. The Morgan fingerprint density at radius 3 is 1.36 bits per heavy atom. The van der Waals surface area contributed by atoms with Crippen molar-refractivity contribution in [1.82, 2.24) is 60.3 Å². The second kappa shape index (κ2) is 46.8. The van der Waals surface area contributed by atoms with Gasteiger partial charge in [-0.1, -0.05) is 98.1 Å². The van der Waals surface area contributed by atoms with E-state index in [0.717, 1.165) is 34.1 Å². The molecule has 6 saturated heterocycles. The van der Waals surface area contributed by atoms with E-state index in [9.17, 15) is 61.4 Å². The molecule has 0 unspecified atom stereocenters. The molecule has 6 fully saturated rings.